The Hall–Kier alpha value is -2.15. The van der Waals surface area contributed by atoms with Crippen molar-refractivity contribution in [3.05, 3.63) is 33.9 Å². The van der Waals surface area contributed by atoms with Crippen molar-refractivity contribution in [1.29, 1.82) is 0 Å². The molecule has 1 unspecified atom stereocenters. The van der Waals surface area contributed by atoms with Crippen LogP contribution in [-0.4, -0.2) is 48.0 Å². The Balaban J connectivity index is 2.07. The lowest BCUT2D eigenvalue weighted by Crippen LogP contribution is -2.50. The molecule has 0 saturated carbocycles. The number of carbonyl (C=O) groups is 1. The van der Waals surface area contributed by atoms with Crippen LogP contribution in [0.5, 0.6) is 5.75 Å². The number of nitrogens with zero attached hydrogens (tertiary/aromatic N) is 2. The predicted octanol–water partition coefficient (Wildman–Crippen LogP) is 1.10. The first-order valence-corrected chi connectivity index (χ1v) is 6.90. The molecular weight excluding hydrogens is 274 g/mol. The maximum absolute atomic E-state index is 12.3. The molecule has 2 rings (SSSR count). The molecule has 1 saturated heterocycles. The zero-order valence-electron chi connectivity index (χ0n) is 12.2. The number of rotatable bonds is 4. The van der Waals surface area contributed by atoms with Gasteiger partial charge in [-0.2, -0.15) is 0 Å². The van der Waals surface area contributed by atoms with Crippen LogP contribution in [0.2, 0.25) is 0 Å². The number of non-ortho nitro benzene ring substituents is 1. The van der Waals surface area contributed by atoms with E-state index in [9.17, 15) is 14.9 Å². The predicted molar refractivity (Wildman–Crippen MR) is 77.4 cm³/mol. The number of ether oxygens (including phenoxy) is 1. The third kappa shape index (κ3) is 3.69. The van der Waals surface area contributed by atoms with E-state index in [1.165, 1.54) is 12.1 Å². The molecule has 21 heavy (non-hydrogen) atoms. The fraction of sp³-hybridized carbons (Fsp3) is 0.500. The minimum atomic E-state index is -0.663. The highest BCUT2D eigenvalue weighted by molar-refractivity contribution is 5.81. The monoisotopic (exact) mass is 293 g/mol. The molecule has 114 valence electrons. The third-order valence-electron chi connectivity index (χ3n) is 3.46. The van der Waals surface area contributed by atoms with Crippen molar-refractivity contribution < 1.29 is 14.5 Å². The van der Waals surface area contributed by atoms with Crippen molar-refractivity contribution in [2.45, 2.75) is 20.0 Å². The number of hydrogen-bond donors (Lipinski definition) is 1. The molecule has 0 spiro atoms. The zero-order valence-corrected chi connectivity index (χ0v) is 12.2. The minimum absolute atomic E-state index is 0.0441. The number of nitro groups is 1. The van der Waals surface area contributed by atoms with Gasteiger partial charge < -0.3 is 15.0 Å². The molecule has 0 aliphatic carbocycles. The number of benzene rings is 1. The molecule has 1 N–H and O–H groups in total. The average molecular weight is 293 g/mol. The molecule has 1 atom stereocenters. The van der Waals surface area contributed by atoms with Crippen molar-refractivity contribution in [2.75, 3.05) is 26.2 Å². The number of hydrogen-bond acceptors (Lipinski definition) is 5. The fourth-order valence-electron chi connectivity index (χ4n) is 2.21. The normalized spacial score (nSPS) is 16.4. The molecule has 7 heteroatoms. The van der Waals surface area contributed by atoms with Crippen LogP contribution in [-0.2, 0) is 4.79 Å². The van der Waals surface area contributed by atoms with Crippen LogP contribution in [0.25, 0.3) is 0 Å². The Morgan fingerprint density at radius 2 is 2.10 bits per heavy atom. The third-order valence-corrected chi connectivity index (χ3v) is 3.46. The van der Waals surface area contributed by atoms with Crippen molar-refractivity contribution in [3.63, 3.8) is 0 Å². The summed E-state index contributed by atoms with van der Waals surface area (Å²) in [5.41, 5.74) is 0.720. The van der Waals surface area contributed by atoms with Gasteiger partial charge in [0.05, 0.1) is 11.0 Å². The molecule has 1 heterocycles. The van der Waals surface area contributed by atoms with Crippen molar-refractivity contribution >= 4 is 11.6 Å². The van der Waals surface area contributed by atoms with Crippen LogP contribution in [0.1, 0.15) is 12.5 Å². The van der Waals surface area contributed by atoms with Gasteiger partial charge in [0, 0.05) is 32.2 Å². The lowest BCUT2D eigenvalue weighted by atomic mass is 10.2. The van der Waals surface area contributed by atoms with E-state index in [1.807, 2.05) is 0 Å². The van der Waals surface area contributed by atoms with Crippen LogP contribution < -0.4 is 10.1 Å². The number of amides is 1. The lowest BCUT2D eigenvalue weighted by Gasteiger charge is -2.30. The van der Waals surface area contributed by atoms with Crippen molar-refractivity contribution in [3.8, 4) is 5.75 Å². The fourth-order valence-corrected chi connectivity index (χ4v) is 2.21. The second-order valence-corrected chi connectivity index (χ2v) is 5.04. The molecule has 0 aromatic heterocycles. The molecule has 1 aromatic carbocycles. The summed E-state index contributed by atoms with van der Waals surface area (Å²) >= 11 is 0. The van der Waals surface area contributed by atoms with Crippen LogP contribution in [0.3, 0.4) is 0 Å². The Kier molecular flexibility index (Phi) is 4.74. The smallest absolute Gasteiger partial charge is 0.273 e. The van der Waals surface area contributed by atoms with Gasteiger partial charge in [0.2, 0.25) is 0 Å². The number of aryl methyl sites for hydroxylation is 1. The zero-order chi connectivity index (χ0) is 15.4. The van der Waals surface area contributed by atoms with Gasteiger partial charge in [0.1, 0.15) is 5.75 Å². The topological polar surface area (TPSA) is 84.7 Å². The SMILES string of the molecule is Cc1ccc([N+](=O)[O-])cc1OC(C)C(=O)N1CCNCC1. The second-order valence-electron chi connectivity index (χ2n) is 5.04. The van der Waals surface area contributed by atoms with Crippen LogP contribution >= 0.6 is 0 Å². The van der Waals surface area contributed by atoms with Gasteiger partial charge in [-0.1, -0.05) is 0 Å². The largest absolute Gasteiger partial charge is 0.480 e. The summed E-state index contributed by atoms with van der Waals surface area (Å²) in [5.74, 6) is 0.280. The maximum Gasteiger partial charge on any atom is 0.273 e. The highest BCUT2D eigenvalue weighted by Gasteiger charge is 2.24. The first kappa shape index (κ1) is 15.2. The van der Waals surface area contributed by atoms with Gasteiger partial charge in [-0.05, 0) is 25.5 Å². The van der Waals surface area contributed by atoms with Crippen LogP contribution in [0, 0.1) is 17.0 Å². The molecule has 1 aromatic rings. The van der Waals surface area contributed by atoms with E-state index in [1.54, 1.807) is 24.8 Å². The van der Waals surface area contributed by atoms with Gasteiger partial charge >= 0.3 is 0 Å². The lowest BCUT2D eigenvalue weighted by molar-refractivity contribution is -0.385. The van der Waals surface area contributed by atoms with E-state index in [0.29, 0.717) is 18.8 Å². The number of piperazine rings is 1. The highest BCUT2D eigenvalue weighted by atomic mass is 16.6. The number of carbonyl (C=O) groups excluding carboxylic acids is 1. The second kappa shape index (κ2) is 6.53. The standard InChI is InChI=1S/C14H19N3O4/c1-10-3-4-12(17(19)20)9-13(10)21-11(2)14(18)16-7-5-15-6-8-16/h3-4,9,11,15H,5-8H2,1-2H3. The van der Waals surface area contributed by atoms with E-state index in [-0.39, 0.29) is 11.6 Å². The first-order chi connectivity index (χ1) is 9.99. The van der Waals surface area contributed by atoms with Gasteiger partial charge in [0.25, 0.3) is 11.6 Å². The van der Waals surface area contributed by atoms with E-state index < -0.39 is 11.0 Å². The first-order valence-electron chi connectivity index (χ1n) is 6.90. The molecule has 0 bridgehead atoms. The van der Waals surface area contributed by atoms with E-state index in [4.69, 9.17) is 4.74 Å². The van der Waals surface area contributed by atoms with Crippen LogP contribution in [0.4, 0.5) is 5.69 Å². The maximum atomic E-state index is 12.3. The van der Waals surface area contributed by atoms with Crippen molar-refractivity contribution in [2.24, 2.45) is 0 Å². The molecule has 1 fully saturated rings. The Morgan fingerprint density at radius 1 is 1.43 bits per heavy atom. The summed E-state index contributed by atoms with van der Waals surface area (Å²) in [6.07, 6.45) is -0.663. The summed E-state index contributed by atoms with van der Waals surface area (Å²) in [6.45, 7) is 6.31. The van der Waals surface area contributed by atoms with E-state index in [0.717, 1.165) is 18.7 Å². The molecule has 0 radical (unpaired) electrons. The van der Waals surface area contributed by atoms with Gasteiger partial charge in [-0.3, -0.25) is 14.9 Å². The Labute approximate surface area is 123 Å². The number of nitrogens with one attached hydrogen (secondary N) is 1. The molecule has 1 aliphatic rings. The van der Waals surface area contributed by atoms with Gasteiger partial charge in [0.15, 0.2) is 6.10 Å². The van der Waals surface area contributed by atoms with Crippen LogP contribution in [0.15, 0.2) is 18.2 Å². The average Bonchev–Trinajstić information content (AvgIpc) is 2.49. The summed E-state index contributed by atoms with van der Waals surface area (Å²) in [4.78, 5) is 24.3. The van der Waals surface area contributed by atoms with Crippen molar-refractivity contribution in [1.82, 2.24) is 10.2 Å². The van der Waals surface area contributed by atoms with E-state index in [2.05, 4.69) is 5.32 Å². The summed E-state index contributed by atoms with van der Waals surface area (Å²) in [7, 11) is 0. The quantitative estimate of drug-likeness (QED) is 0.664. The molecular formula is C14H19N3O4. The highest BCUT2D eigenvalue weighted by Crippen LogP contribution is 2.25. The number of nitro benzene ring substituents is 1. The van der Waals surface area contributed by atoms with Gasteiger partial charge in [-0.25, -0.2) is 0 Å². The summed E-state index contributed by atoms with van der Waals surface area (Å²) in [5, 5.41) is 14.0. The minimum Gasteiger partial charge on any atom is -0.480 e. The van der Waals surface area contributed by atoms with Gasteiger partial charge in [-0.15, -0.1) is 0 Å². The molecule has 7 nitrogen and oxygen atoms in total. The van der Waals surface area contributed by atoms with E-state index >= 15 is 0 Å². The molecule has 1 aliphatic heterocycles. The Bertz CT molecular complexity index is 541. The Morgan fingerprint density at radius 3 is 2.71 bits per heavy atom. The summed E-state index contributed by atoms with van der Waals surface area (Å²) in [6, 6.07) is 4.40. The summed E-state index contributed by atoms with van der Waals surface area (Å²) < 4.78 is 5.63. The molecule has 1 amide bonds.